The predicted molar refractivity (Wildman–Crippen MR) is 72.1 cm³/mol. The lowest BCUT2D eigenvalue weighted by Crippen LogP contribution is -2.49. The van der Waals surface area contributed by atoms with Gasteiger partial charge in [-0.15, -0.1) is 0 Å². The minimum absolute atomic E-state index is 0.661. The van der Waals surface area contributed by atoms with E-state index in [2.05, 4.69) is 24.2 Å². The van der Waals surface area contributed by atoms with Crippen molar-refractivity contribution in [3.63, 3.8) is 0 Å². The van der Waals surface area contributed by atoms with Gasteiger partial charge in [0, 0.05) is 12.6 Å². The van der Waals surface area contributed by atoms with Crippen molar-refractivity contribution >= 4 is 0 Å². The Hall–Kier alpha value is -0.0800. The summed E-state index contributed by atoms with van der Waals surface area (Å²) in [6.45, 7) is 6.33. The number of piperidine rings is 1. The lowest BCUT2D eigenvalue weighted by Gasteiger charge is -2.45. The first-order valence-electron chi connectivity index (χ1n) is 7.62. The van der Waals surface area contributed by atoms with Crippen LogP contribution in [0, 0.1) is 17.3 Å². The molecule has 3 atom stereocenters. The Balaban J connectivity index is 1.79. The van der Waals surface area contributed by atoms with E-state index in [4.69, 9.17) is 0 Å². The van der Waals surface area contributed by atoms with Gasteiger partial charge in [0.25, 0.3) is 0 Å². The minimum atomic E-state index is 0.661. The van der Waals surface area contributed by atoms with Gasteiger partial charge < -0.3 is 10.2 Å². The second kappa shape index (κ2) is 4.55. The van der Waals surface area contributed by atoms with Crippen molar-refractivity contribution in [1.29, 1.82) is 0 Å². The highest BCUT2D eigenvalue weighted by Crippen LogP contribution is 2.50. The van der Waals surface area contributed by atoms with Crippen LogP contribution >= 0.6 is 0 Å². The lowest BCUT2D eigenvalue weighted by molar-refractivity contribution is 0.0699. The molecule has 2 heteroatoms. The normalized spacial score (nSPS) is 44.8. The highest BCUT2D eigenvalue weighted by molar-refractivity contribution is 5.02. The third-order valence-corrected chi connectivity index (χ3v) is 5.94. The zero-order chi connectivity index (χ0) is 11.9. The van der Waals surface area contributed by atoms with Gasteiger partial charge in [0.2, 0.25) is 0 Å². The van der Waals surface area contributed by atoms with Crippen molar-refractivity contribution < 1.29 is 0 Å². The van der Waals surface area contributed by atoms with Crippen LogP contribution in [0.25, 0.3) is 0 Å². The summed E-state index contributed by atoms with van der Waals surface area (Å²) < 4.78 is 0. The third kappa shape index (κ3) is 2.04. The van der Waals surface area contributed by atoms with Crippen molar-refractivity contribution in [2.45, 2.75) is 51.5 Å². The summed E-state index contributed by atoms with van der Waals surface area (Å²) in [6.07, 6.45) is 8.86. The zero-order valence-electron chi connectivity index (χ0n) is 11.5. The second-order valence-corrected chi connectivity index (χ2v) is 6.94. The van der Waals surface area contributed by atoms with Gasteiger partial charge in [-0.05, 0) is 57.2 Å². The molecule has 1 spiro atoms. The summed E-state index contributed by atoms with van der Waals surface area (Å²) in [6, 6.07) is 0.803. The molecule has 1 aliphatic carbocycles. The van der Waals surface area contributed by atoms with Crippen LogP contribution in [0.5, 0.6) is 0 Å². The average molecular weight is 236 g/mol. The van der Waals surface area contributed by atoms with Crippen LogP contribution in [0.2, 0.25) is 0 Å². The number of nitrogens with zero attached hydrogens (tertiary/aromatic N) is 1. The van der Waals surface area contributed by atoms with E-state index in [0.717, 1.165) is 17.9 Å². The molecule has 98 valence electrons. The summed E-state index contributed by atoms with van der Waals surface area (Å²) >= 11 is 0. The van der Waals surface area contributed by atoms with Gasteiger partial charge in [0.15, 0.2) is 0 Å². The molecule has 2 aliphatic heterocycles. The zero-order valence-corrected chi connectivity index (χ0v) is 11.5. The monoisotopic (exact) mass is 236 g/mol. The smallest absolute Gasteiger partial charge is 0.00700 e. The first-order valence-corrected chi connectivity index (χ1v) is 7.62. The molecule has 0 radical (unpaired) electrons. The Bertz CT molecular complexity index is 260. The Labute approximate surface area is 106 Å². The summed E-state index contributed by atoms with van der Waals surface area (Å²) in [4.78, 5) is 2.60. The SMILES string of the molecule is CC1CC2(CCNCC2C2CCCC2)CN1C. The molecule has 0 amide bonds. The van der Waals surface area contributed by atoms with Crippen molar-refractivity contribution in [3.05, 3.63) is 0 Å². The van der Waals surface area contributed by atoms with E-state index in [0.29, 0.717) is 5.41 Å². The molecule has 2 nitrogen and oxygen atoms in total. The molecule has 0 aromatic heterocycles. The van der Waals surface area contributed by atoms with Crippen LogP contribution in [-0.4, -0.2) is 37.6 Å². The van der Waals surface area contributed by atoms with Crippen LogP contribution < -0.4 is 5.32 Å². The van der Waals surface area contributed by atoms with Crippen LogP contribution in [0.4, 0.5) is 0 Å². The van der Waals surface area contributed by atoms with E-state index < -0.39 is 0 Å². The maximum absolute atomic E-state index is 3.67. The van der Waals surface area contributed by atoms with E-state index in [1.165, 1.54) is 58.2 Å². The van der Waals surface area contributed by atoms with Gasteiger partial charge in [-0.25, -0.2) is 0 Å². The largest absolute Gasteiger partial charge is 0.316 e. The minimum Gasteiger partial charge on any atom is -0.316 e. The first kappa shape index (κ1) is 12.0. The van der Waals surface area contributed by atoms with Crippen molar-refractivity contribution in [1.82, 2.24) is 10.2 Å². The fourth-order valence-corrected chi connectivity index (χ4v) is 4.93. The van der Waals surface area contributed by atoms with Gasteiger partial charge in [-0.3, -0.25) is 0 Å². The third-order valence-electron chi connectivity index (χ3n) is 5.94. The molecule has 3 unspecified atom stereocenters. The van der Waals surface area contributed by atoms with Crippen molar-refractivity contribution in [2.75, 3.05) is 26.7 Å². The van der Waals surface area contributed by atoms with Crippen LogP contribution in [-0.2, 0) is 0 Å². The molecule has 0 aromatic carbocycles. The van der Waals surface area contributed by atoms with Crippen LogP contribution in [0.3, 0.4) is 0 Å². The summed E-state index contributed by atoms with van der Waals surface area (Å²) in [7, 11) is 2.33. The number of likely N-dealkylation sites (tertiary alicyclic amines) is 1. The van der Waals surface area contributed by atoms with Crippen LogP contribution in [0.1, 0.15) is 45.4 Å². The summed E-state index contributed by atoms with van der Waals surface area (Å²) in [5.74, 6) is 1.99. The maximum atomic E-state index is 3.67. The molecule has 1 N–H and O–H groups in total. The number of nitrogens with one attached hydrogen (secondary N) is 1. The maximum Gasteiger partial charge on any atom is 0.00700 e. The van der Waals surface area contributed by atoms with Crippen molar-refractivity contribution in [2.24, 2.45) is 17.3 Å². The highest BCUT2D eigenvalue weighted by atomic mass is 15.2. The van der Waals surface area contributed by atoms with Gasteiger partial charge in [-0.1, -0.05) is 25.7 Å². The molecule has 3 aliphatic rings. The molecule has 2 saturated heterocycles. The number of hydrogen-bond acceptors (Lipinski definition) is 2. The van der Waals surface area contributed by atoms with E-state index in [1.807, 2.05) is 0 Å². The fourth-order valence-electron chi connectivity index (χ4n) is 4.93. The van der Waals surface area contributed by atoms with E-state index in [-0.39, 0.29) is 0 Å². The van der Waals surface area contributed by atoms with Gasteiger partial charge in [0.05, 0.1) is 0 Å². The molecular weight excluding hydrogens is 208 g/mol. The first-order chi connectivity index (χ1) is 8.21. The molecule has 0 bridgehead atoms. The highest BCUT2D eigenvalue weighted by Gasteiger charge is 2.49. The van der Waals surface area contributed by atoms with Gasteiger partial charge >= 0.3 is 0 Å². The van der Waals surface area contributed by atoms with E-state index in [9.17, 15) is 0 Å². The fraction of sp³-hybridized carbons (Fsp3) is 1.00. The Morgan fingerprint density at radius 1 is 1.24 bits per heavy atom. The molecule has 0 aromatic rings. The topological polar surface area (TPSA) is 15.3 Å². The Morgan fingerprint density at radius 3 is 2.65 bits per heavy atom. The Morgan fingerprint density at radius 2 is 2.00 bits per heavy atom. The molecule has 1 saturated carbocycles. The average Bonchev–Trinajstić information content (AvgIpc) is 2.90. The van der Waals surface area contributed by atoms with E-state index in [1.54, 1.807) is 0 Å². The number of rotatable bonds is 1. The molecule has 3 fully saturated rings. The molecule has 3 rings (SSSR count). The molecule has 2 heterocycles. The summed E-state index contributed by atoms with van der Waals surface area (Å²) in [5, 5.41) is 3.67. The number of hydrogen-bond donors (Lipinski definition) is 1. The predicted octanol–water partition coefficient (Wildman–Crippen LogP) is 2.50. The lowest BCUT2D eigenvalue weighted by atomic mass is 9.64. The van der Waals surface area contributed by atoms with E-state index >= 15 is 0 Å². The second-order valence-electron chi connectivity index (χ2n) is 6.94. The quantitative estimate of drug-likeness (QED) is 0.752. The molecule has 17 heavy (non-hydrogen) atoms. The van der Waals surface area contributed by atoms with Crippen LogP contribution in [0.15, 0.2) is 0 Å². The summed E-state index contributed by atoms with van der Waals surface area (Å²) in [5.41, 5.74) is 0.661. The Kier molecular flexibility index (Phi) is 3.20. The van der Waals surface area contributed by atoms with Crippen molar-refractivity contribution in [3.8, 4) is 0 Å². The standard InChI is InChI=1S/C15H28N2/c1-12-9-15(11-17(12)2)7-8-16-10-14(15)13-5-3-4-6-13/h12-14,16H,3-11H2,1-2H3. The van der Waals surface area contributed by atoms with Gasteiger partial charge in [-0.2, -0.15) is 0 Å². The van der Waals surface area contributed by atoms with Gasteiger partial charge in [0.1, 0.15) is 0 Å². The molecular formula is C15H28N2.